The van der Waals surface area contributed by atoms with Gasteiger partial charge < -0.3 is 4.90 Å². The molecule has 1 aliphatic rings. The molecule has 1 aromatic heterocycles. The molecule has 1 atom stereocenters. The Morgan fingerprint density at radius 3 is 2.31 bits per heavy atom. The van der Waals surface area contributed by atoms with E-state index in [-0.39, 0.29) is 17.8 Å². The lowest BCUT2D eigenvalue weighted by atomic mass is 10.2. The lowest BCUT2D eigenvalue weighted by molar-refractivity contribution is 0.0715. The molecule has 0 spiro atoms. The molecule has 1 aliphatic carbocycles. The monoisotopic (exact) mass is 346 g/mol. The van der Waals surface area contributed by atoms with Crippen molar-refractivity contribution in [3.05, 3.63) is 66.5 Å². The zero-order valence-electron chi connectivity index (χ0n) is 15.0. The van der Waals surface area contributed by atoms with Crippen LogP contribution >= 0.6 is 0 Å². The van der Waals surface area contributed by atoms with E-state index < -0.39 is 0 Å². The lowest BCUT2D eigenvalue weighted by Gasteiger charge is -2.23. The van der Waals surface area contributed by atoms with Crippen molar-refractivity contribution in [2.75, 3.05) is 7.05 Å². The van der Waals surface area contributed by atoms with Crippen LogP contribution in [0, 0.1) is 5.92 Å². The van der Waals surface area contributed by atoms with E-state index in [1.165, 1.54) is 12.8 Å². The summed E-state index contributed by atoms with van der Waals surface area (Å²) in [5.41, 5.74) is 1.82. The van der Waals surface area contributed by atoms with Gasteiger partial charge in [0, 0.05) is 18.7 Å². The van der Waals surface area contributed by atoms with Crippen LogP contribution in [0.15, 0.2) is 60.7 Å². The van der Waals surface area contributed by atoms with Gasteiger partial charge >= 0.3 is 0 Å². The Labute approximate surface area is 153 Å². The van der Waals surface area contributed by atoms with Gasteiger partial charge in [0.15, 0.2) is 5.82 Å². The second kappa shape index (κ2) is 6.75. The number of amides is 1. The van der Waals surface area contributed by atoms with Crippen LogP contribution in [-0.2, 0) is 0 Å². The smallest absolute Gasteiger partial charge is 0.293 e. The molecular weight excluding hydrogens is 324 g/mol. The number of aromatic nitrogens is 3. The van der Waals surface area contributed by atoms with Crippen molar-refractivity contribution < 1.29 is 4.79 Å². The first-order chi connectivity index (χ1) is 12.6. The second-order valence-electron chi connectivity index (χ2n) is 6.87. The molecule has 0 saturated heterocycles. The minimum absolute atomic E-state index is 0.128. The van der Waals surface area contributed by atoms with E-state index >= 15 is 0 Å². The van der Waals surface area contributed by atoms with E-state index in [4.69, 9.17) is 0 Å². The third-order valence-corrected chi connectivity index (χ3v) is 5.07. The van der Waals surface area contributed by atoms with Gasteiger partial charge in [-0.25, -0.2) is 9.67 Å². The van der Waals surface area contributed by atoms with Crippen molar-refractivity contribution in [2.45, 2.75) is 25.8 Å². The minimum atomic E-state index is -0.128. The highest BCUT2D eigenvalue weighted by Gasteiger charge is 2.34. The first-order valence-corrected chi connectivity index (χ1v) is 9.00. The number of hydrogen-bond acceptors (Lipinski definition) is 3. The number of carbonyl (C=O) groups is 1. The van der Waals surface area contributed by atoms with E-state index in [2.05, 4.69) is 17.0 Å². The van der Waals surface area contributed by atoms with E-state index in [1.54, 1.807) is 9.58 Å². The Morgan fingerprint density at radius 1 is 1.08 bits per heavy atom. The van der Waals surface area contributed by atoms with E-state index in [0.717, 1.165) is 11.3 Å². The van der Waals surface area contributed by atoms with Crippen LogP contribution in [-0.4, -0.2) is 38.7 Å². The molecule has 3 aromatic rings. The third kappa shape index (κ3) is 3.12. The molecule has 1 amide bonds. The molecule has 1 heterocycles. The standard InChI is InChI=1S/C21H22N4O/c1-15(16-13-14-16)24(2)21(26)19-22-20(17-9-5-3-6-10-17)25(23-19)18-11-7-4-8-12-18/h3-12,15-16H,13-14H2,1-2H3. The molecule has 0 N–H and O–H groups in total. The number of nitrogens with zero attached hydrogens (tertiary/aromatic N) is 4. The van der Waals surface area contributed by atoms with Crippen LogP contribution in [0.1, 0.15) is 30.4 Å². The maximum absolute atomic E-state index is 12.9. The maximum Gasteiger partial charge on any atom is 0.293 e. The van der Waals surface area contributed by atoms with Gasteiger partial charge in [-0.3, -0.25) is 4.79 Å². The molecule has 4 rings (SSSR count). The lowest BCUT2D eigenvalue weighted by Crippen LogP contribution is -2.37. The van der Waals surface area contributed by atoms with Crippen LogP contribution in [0.4, 0.5) is 0 Å². The second-order valence-corrected chi connectivity index (χ2v) is 6.87. The molecule has 0 aliphatic heterocycles. The predicted octanol–water partition coefficient (Wildman–Crippen LogP) is 3.80. The number of hydrogen-bond donors (Lipinski definition) is 0. The number of para-hydroxylation sites is 1. The molecular formula is C21H22N4O. The summed E-state index contributed by atoms with van der Waals surface area (Å²) in [6.45, 7) is 2.10. The molecule has 5 heteroatoms. The van der Waals surface area contributed by atoms with Crippen LogP contribution in [0.25, 0.3) is 17.1 Å². The first kappa shape index (κ1) is 16.5. The summed E-state index contributed by atoms with van der Waals surface area (Å²) in [6.07, 6.45) is 2.39. The Hall–Kier alpha value is -2.95. The molecule has 26 heavy (non-hydrogen) atoms. The molecule has 5 nitrogen and oxygen atoms in total. The summed E-state index contributed by atoms with van der Waals surface area (Å²) in [4.78, 5) is 19.3. The fourth-order valence-electron chi connectivity index (χ4n) is 3.16. The van der Waals surface area contributed by atoms with Gasteiger partial charge in [0.1, 0.15) is 0 Å². The van der Waals surface area contributed by atoms with E-state index in [1.807, 2.05) is 67.7 Å². The average Bonchev–Trinajstić information content (AvgIpc) is 3.45. The highest BCUT2D eigenvalue weighted by molar-refractivity contribution is 5.91. The van der Waals surface area contributed by atoms with Gasteiger partial charge in [-0.15, -0.1) is 5.10 Å². The maximum atomic E-state index is 12.9. The summed E-state index contributed by atoms with van der Waals surface area (Å²) in [7, 11) is 1.84. The summed E-state index contributed by atoms with van der Waals surface area (Å²) in [6, 6.07) is 19.9. The molecule has 132 valence electrons. The molecule has 2 aromatic carbocycles. The topological polar surface area (TPSA) is 51.0 Å². The Bertz CT molecular complexity index is 843. The van der Waals surface area contributed by atoms with Gasteiger partial charge in [-0.1, -0.05) is 48.5 Å². The zero-order valence-corrected chi connectivity index (χ0v) is 15.0. The fraction of sp³-hybridized carbons (Fsp3) is 0.286. The highest BCUT2D eigenvalue weighted by atomic mass is 16.2. The molecule has 1 saturated carbocycles. The van der Waals surface area contributed by atoms with Gasteiger partial charge in [-0.05, 0) is 37.8 Å². The van der Waals surface area contributed by atoms with Crippen molar-refractivity contribution >= 4 is 5.91 Å². The molecule has 1 fully saturated rings. The van der Waals surface area contributed by atoms with Gasteiger partial charge in [0.2, 0.25) is 5.82 Å². The number of rotatable bonds is 5. The van der Waals surface area contributed by atoms with Crippen molar-refractivity contribution in [3.8, 4) is 17.1 Å². The Kier molecular flexibility index (Phi) is 4.29. The minimum Gasteiger partial charge on any atom is -0.336 e. The zero-order chi connectivity index (χ0) is 18.1. The van der Waals surface area contributed by atoms with Crippen molar-refractivity contribution in [3.63, 3.8) is 0 Å². The summed E-state index contributed by atoms with van der Waals surface area (Å²) in [5.74, 6) is 1.39. The van der Waals surface area contributed by atoms with Gasteiger partial charge in [-0.2, -0.15) is 0 Å². The van der Waals surface area contributed by atoms with Crippen LogP contribution in [0.5, 0.6) is 0 Å². The highest BCUT2D eigenvalue weighted by Crippen LogP contribution is 2.35. The average molecular weight is 346 g/mol. The van der Waals surface area contributed by atoms with E-state index in [9.17, 15) is 4.79 Å². The van der Waals surface area contributed by atoms with Crippen molar-refractivity contribution in [1.29, 1.82) is 0 Å². The van der Waals surface area contributed by atoms with Crippen LogP contribution in [0.3, 0.4) is 0 Å². The SMILES string of the molecule is CC(C1CC1)N(C)C(=O)c1nc(-c2ccccc2)n(-c2ccccc2)n1. The first-order valence-electron chi connectivity index (χ1n) is 9.00. The largest absolute Gasteiger partial charge is 0.336 e. The fourth-order valence-corrected chi connectivity index (χ4v) is 3.16. The Balaban J connectivity index is 1.75. The third-order valence-electron chi connectivity index (χ3n) is 5.07. The Morgan fingerprint density at radius 2 is 1.69 bits per heavy atom. The van der Waals surface area contributed by atoms with Gasteiger partial charge in [0.05, 0.1) is 5.69 Å². The number of carbonyl (C=O) groups excluding carboxylic acids is 1. The molecule has 0 radical (unpaired) electrons. The summed E-state index contributed by atoms with van der Waals surface area (Å²) in [5, 5.41) is 4.55. The summed E-state index contributed by atoms with van der Waals surface area (Å²) < 4.78 is 1.75. The summed E-state index contributed by atoms with van der Waals surface area (Å²) >= 11 is 0. The van der Waals surface area contributed by atoms with Crippen LogP contribution < -0.4 is 0 Å². The number of benzene rings is 2. The quantitative estimate of drug-likeness (QED) is 0.706. The normalized spacial score (nSPS) is 14.8. The predicted molar refractivity (Wildman–Crippen MR) is 101 cm³/mol. The van der Waals surface area contributed by atoms with Gasteiger partial charge in [0.25, 0.3) is 5.91 Å². The molecule has 0 bridgehead atoms. The molecule has 1 unspecified atom stereocenters. The van der Waals surface area contributed by atoms with E-state index in [0.29, 0.717) is 11.7 Å². The van der Waals surface area contributed by atoms with Crippen LogP contribution in [0.2, 0.25) is 0 Å². The van der Waals surface area contributed by atoms with Crippen molar-refractivity contribution in [2.24, 2.45) is 5.92 Å². The van der Waals surface area contributed by atoms with Crippen molar-refractivity contribution in [1.82, 2.24) is 19.7 Å².